The van der Waals surface area contributed by atoms with Crippen LogP contribution in [-0.4, -0.2) is 43.5 Å². The number of likely N-dealkylation sites (tertiary alicyclic amines) is 1. The Morgan fingerprint density at radius 3 is 2.03 bits per heavy atom. The third kappa shape index (κ3) is 2.62. The molecule has 2 saturated carbocycles. The first kappa shape index (κ1) is 20.0. The van der Waals surface area contributed by atoms with Gasteiger partial charge in [0.05, 0.1) is 19.8 Å². The molecule has 0 spiro atoms. The molecule has 2 bridgehead atoms. The monoisotopic (exact) mass is 429 g/mol. The average Bonchev–Trinajstić information content (AvgIpc) is 3.62. The van der Waals surface area contributed by atoms with Gasteiger partial charge in [-0.3, -0.25) is 9.69 Å². The highest BCUT2D eigenvalue weighted by Crippen LogP contribution is 2.67. The van der Waals surface area contributed by atoms with Gasteiger partial charge in [-0.1, -0.05) is 24.3 Å². The molecule has 0 N–H and O–H groups in total. The third-order valence-corrected chi connectivity index (χ3v) is 8.62. The topological polar surface area (TPSA) is 38.8 Å². The standard InChI is InChI=1S/C28H31NO3/c1-31-22-11-6-18(7-12-22)24-25(19-8-13-23(32-2)14-9-19)27(30)28(29-15-3-4-16-29)21-10-5-20(17-21)26(24)28/h6-9,11-14,20-21,26H,3-5,10,15-17H2,1-2H3/t20?,21?,26-,28+/m1/s1. The largest absolute Gasteiger partial charge is 0.497 e. The summed E-state index contributed by atoms with van der Waals surface area (Å²) in [6.45, 7) is 2.11. The van der Waals surface area contributed by atoms with Gasteiger partial charge >= 0.3 is 0 Å². The Bertz CT molecular complexity index is 1060. The summed E-state index contributed by atoms with van der Waals surface area (Å²) in [4.78, 5) is 17.2. The number of benzene rings is 2. The van der Waals surface area contributed by atoms with Gasteiger partial charge in [-0.2, -0.15) is 0 Å². The van der Waals surface area contributed by atoms with Crippen molar-refractivity contribution in [3.05, 3.63) is 59.7 Å². The Balaban J connectivity index is 1.57. The van der Waals surface area contributed by atoms with E-state index in [0.29, 0.717) is 17.6 Å². The van der Waals surface area contributed by atoms with Crippen LogP contribution in [0.1, 0.15) is 43.2 Å². The quantitative estimate of drug-likeness (QED) is 0.665. The molecule has 1 aliphatic heterocycles. The lowest BCUT2D eigenvalue weighted by atomic mass is 9.70. The predicted molar refractivity (Wildman–Crippen MR) is 126 cm³/mol. The zero-order valence-electron chi connectivity index (χ0n) is 19.0. The summed E-state index contributed by atoms with van der Waals surface area (Å²) >= 11 is 0. The molecule has 4 atom stereocenters. The number of rotatable bonds is 5. The zero-order valence-corrected chi connectivity index (χ0v) is 19.0. The minimum Gasteiger partial charge on any atom is -0.497 e. The SMILES string of the molecule is COc1ccc(C2=C(c3ccc(OC)cc3)[C@H]3C4CCC(C4)[C@@]3(N3CCCC3)C2=O)cc1. The van der Waals surface area contributed by atoms with E-state index in [1.165, 1.54) is 43.2 Å². The minimum absolute atomic E-state index is 0.289. The fraction of sp³-hybridized carbons (Fsp3) is 0.464. The Kier molecular flexibility index (Phi) is 4.69. The molecule has 4 nitrogen and oxygen atoms in total. The van der Waals surface area contributed by atoms with E-state index in [9.17, 15) is 4.79 Å². The van der Waals surface area contributed by atoms with E-state index >= 15 is 0 Å². The lowest BCUT2D eigenvalue weighted by molar-refractivity contribution is -0.129. The van der Waals surface area contributed by atoms with Gasteiger partial charge in [-0.15, -0.1) is 0 Å². The number of ketones is 1. The molecule has 2 aromatic rings. The molecule has 0 aromatic heterocycles. The second-order valence-electron chi connectivity index (χ2n) is 9.84. The molecule has 3 fully saturated rings. The number of fused-ring (bicyclic) bond motifs is 5. The second kappa shape index (κ2) is 7.48. The van der Waals surface area contributed by atoms with Crippen molar-refractivity contribution in [1.82, 2.24) is 4.90 Å². The van der Waals surface area contributed by atoms with E-state index in [2.05, 4.69) is 29.2 Å². The molecule has 1 saturated heterocycles. The number of Topliss-reactive ketones (excluding diaryl/α,β-unsaturated/α-hetero) is 1. The van der Waals surface area contributed by atoms with Crippen LogP contribution >= 0.6 is 0 Å². The van der Waals surface area contributed by atoms with Crippen LogP contribution < -0.4 is 9.47 Å². The Morgan fingerprint density at radius 2 is 1.44 bits per heavy atom. The van der Waals surface area contributed by atoms with E-state index in [0.717, 1.165) is 35.7 Å². The van der Waals surface area contributed by atoms with E-state index in [1.807, 2.05) is 24.3 Å². The third-order valence-electron chi connectivity index (χ3n) is 8.62. The highest BCUT2D eigenvalue weighted by molar-refractivity contribution is 6.36. The summed E-state index contributed by atoms with van der Waals surface area (Å²) in [7, 11) is 3.38. The van der Waals surface area contributed by atoms with Crippen molar-refractivity contribution in [1.29, 1.82) is 0 Å². The van der Waals surface area contributed by atoms with Crippen LogP contribution in [-0.2, 0) is 4.79 Å². The fourth-order valence-corrected chi connectivity index (χ4v) is 7.42. The van der Waals surface area contributed by atoms with Crippen molar-refractivity contribution in [2.45, 2.75) is 37.6 Å². The fourth-order valence-electron chi connectivity index (χ4n) is 7.42. The number of methoxy groups -OCH3 is 2. The van der Waals surface area contributed by atoms with Gasteiger partial charge in [0.25, 0.3) is 0 Å². The molecule has 4 aliphatic rings. The van der Waals surface area contributed by atoms with E-state index < -0.39 is 0 Å². The Labute approximate surface area is 190 Å². The molecule has 32 heavy (non-hydrogen) atoms. The molecule has 2 unspecified atom stereocenters. The van der Waals surface area contributed by atoms with Crippen LogP contribution in [0.3, 0.4) is 0 Å². The predicted octanol–water partition coefficient (Wildman–Crippen LogP) is 5.08. The Hall–Kier alpha value is -2.59. The van der Waals surface area contributed by atoms with Gasteiger partial charge in [0.2, 0.25) is 0 Å². The van der Waals surface area contributed by atoms with Crippen LogP contribution in [0.2, 0.25) is 0 Å². The van der Waals surface area contributed by atoms with Crippen LogP contribution in [0.15, 0.2) is 48.5 Å². The molecule has 1 heterocycles. The first-order valence-electron chi connectivity index (χ1n) is 12.0. The minimum atomic E-state index is -0.343. The summed E-state index contributed by atoms with van der Waals surface area (Å²) in [6, 6.07) is 16.4. The average molecular weight is 430 g/mol. The molecule has 6 rings (SSSR count). The first-order valence-corrected chi connectivity index (χ1v) is 12.0. The lowest BCUT2D eigenvalue weighted by Gasteiger charge is -2.46. The molecule has 2 aromatic carbocycles. The van der Waals surface area contributed by atoms with E-state index in [-0.39, 0.29) is 11.5 Å². The molecule has 166 valence electrons. The van der Waals surface area contributed by atoms with Crippen molar-refractivity contribution in [2.24, 2.45) is 17.8 Å². The maximum atomic E-state index is 14.6. The van der Waals surface area contributed by atoms with Gasteiger partial charge < -0.3 is 9.47 Å². The molecule has 0 amide bonds. The maximum absolute atomic E-state index is 14.6. The van der Waals surface area contributed by atoms with Gasteiger partial charge in [-0.25, -0.2) is 0 Å². The van der Waals surface area contributed by atoms with Gasteiger partial charge in [-0.05, 0) is 98.0 Å². The molecule has 0 radical (unpaired) electrons. The maximum Gasteiger partial charge on any atom is 0.184 e. The molecule has 3 aliphatic carbocycles. The highest BCUT2D eigenvalue weighted by Gasteiger charge is 2.69. The summed E-state index contributed by atoms with van der Waals surface area (Å²) < 4.78 is 10.8. The van der Waals surface area contributed by atoms with Crippen molar-refractivity contribution in [3.8, 4) is 11.5 Å². The smallest absolute Gasteiger partial charge is 0.184 e. The number of hydrogen-bond acceptors (Lipinski definition) is 4. The van der Waals surface area contributed by atoms with Crippen molar-refractivity contribution in [3.63, 3.8) is 0 Å². The van der Waals surface area contributed by atoms with E-state index in [4.69, 9.17) is 9.47 Å². The number of nitrogens with zero attached hydrogens (tertiary/aromatic N) is 1. The zero-order chi connectivity index (χ0) is 21.9. The number of carbonyl (C=O) groups is 1. The lowest BCUT2D eigenvalue weighted by Crippen LogP contribution is -2.59. The molecule has 4 heteroatoms. The molecular weight excluding hydrogens is 398 g/mol. The van der Waals surface area contributed by atoms with Gasteiger partial charge in [0.15, 0.2) is 5.78 Å². The summed E-state index contributed by atoms with van der Waals surface area (Å²) in [5, 5.41) is 0. The highest BCUT2D eigenvalue weighted by atomic mass is 16.5. The van der Waals surface area contributed by atoms with Crippen LogP contribution in [0, 0.1) is 17.8 Å². The number of carbonyl (C=O) groups excluding carboxylic acids is 1. The van der Waals surface area contributed by atoms with E-state index in [1.54, 1.807) is 14.2 Å². The van der Waals surface area contributed by atoms with Crippen molar-refractivity contribution < 1.29 is 14.3 Å². The normalized spacial score (nSPS) is 31.4. The van der Waals surface area contributed by atoms with Crippen LogP contribution in [0.5, 0.6) is 11.5 Å². The summed E-state index contributed by atoms with van der Waals surface area (Å²) in [5.74, 6) is 3.40. The summed E-state index contributed by atoms with van der Waals surface area (Å²) in [6.07, 6.45) is 6.04. The number of hydrogen-bond donors (Lipinski definition) is 0. The van der Waals surface area contributed by atoms with Crippen LogP contribution in [0.25, 0.3) is 11.1 Å². The van der Waals surface area contributed by atoms with Crippen LogP contribution in [0.4, 0.5) is 0 Å². The van der Waals surface area contributed by atoms with Gasteiger partial charge in [0.1, 0.15) is 11.5 Å². The first-order chi connectivity index (χ1) is 15.7. The molecular formula is C28H31NO3. The Morgan fingerprint density at radius 1 is 0.844 bits per heavy atom. The van der Waals surface area contributed by atoms with Gasteiger partial charge in [0, 0.05) is 11.5 Å². The van der Waals surface area contributed by atoms with Crippen molar-refractivity contribution >= 4 is 16.9 Å². The second-order valence-corrected chi connectivity index (χ2v) is 9.84. The number of ether oxygens (including phenoxy) is 2. The summed E-state index contributed by atoms with van der Waals surface area (Å²) in [5.41, 5.74) is 4.05. The van der Waals surface area contributed by atoms with Crippen molar-refractivity contribution in [2.75, 3.05) is 27.3 Å².